The van der Waals surface area contributed by atoms with Gasteiger partial charge in [-0.15, -0.1) is 0 Å². The quantitative estimate of drug-likeness (QED) is 0.917. The van der Waals surface area contributed by atoms with Gasteiger partial charge in [-0.3, -0.25) is 0 Å². The molecule has 0 bridgehead atoms. The van der Waals surface area contributed by atoms with E-state index >= 15 is 0 Å². The molecule has 19 heavy (non-hydrogen) atoms. The van der Waals surface area contributed by atoms with E-state index in [1.54, 1.807) is 11.3 Å². The lowest BCUT2D eigenvalue weighted by molar-refractivity contribution is 0.320. The molecule has 0 aromatic carbocycles. The molecule has 1 fully saturated rings. The molecular weight excluding hydrogens is 256 g/mol. The van der Waals surface area contributed by atoms with Crippen molar-refractivity contribution in [2.45, 2.75) is 40.0 Å². The summed E-state index contributed by atoms with van der Waals surface area (Å²) in [6.45, 7) is 8.69. The number of aryl methyl sites for hydroxylation is 1. The van der Waals surface area contributed by atoms with Crippen molar-refractivity contribution in [1.82, 2.24) is 4.98 Å². The Morgan fingerprint density at radius 1 is 1.37 bits per heavy atom. The fraction of sp³-hybridized carbons (Fsp3) is 0.667. The Labute approximate surface area is 120 Å². The monoisotopic (exact) mass is 280 g/mol. The van der Waals surface area contributed by atoms with Gasteiger partial charge in [-0.2, -0.15) is 0 Å². The third kappa shape index (κ3) is 3.57. The molecule has 1 N–H and O–H groups in total. The molecule has 2 heterocycles. The largest absolute Gasteiger partial charge is 0.392 e. The number of anilines is 1. The number of aliphatic hydroxyl groups is 1. The first kappa shape index (κ1) is 14.5. The van der Waals surface area contributed by atoms with Crippen molar-refractivity contribution in [1.29, 1.82) is 0 Å². The van der Waals surface area contributed by atoms with Gasteiger partial charge in [0.05, 0.1) is 17.2 Å². The van der Waals surface area contributed by atoms with Crippen molar-refractivity contribution in [2.24, 2.45) is 5.92 Å². The van der Waals surface area contributed by atoms with Gasteiger partial charge in [0, 0.05) is 13.1 Å². The molecule has 1 aromatic rings. The summed E-state index contributed by atoms with van der Waals surface area (Å²) in [5.41, 5.74) is 2.16. The molecule has 0 amide bonds. The number of aromatic nitrogens is 1. The van der Waals surface area contributed by atoms with E-state index < -0.39 is 0 Å². The number of hydrogen-bond acceptors (Lipinski definition) is 4. The first-order valence-electron chi connectivity index (χ1n) is 7.15. The summed E-state index contributed by atoms with van der Waals surface area (Å²) in [5.74, 6) is 0.380. The minimum Gasteiger partial charge on any atom is -0.392 e. The van der Waals surface area contributed by atoms with Gasteiger partial charge in [0.1, 0.15) is 0 Å². The Hall–Kier alpha value is -0.870. The number of hydrogen-bond donors (Lipinski definition) is 1. The van der Waals surface area contributed by atoms with Gasteiger partial charge in [0.25, 0.3) is 0 Å². The third-order valence-electron chi connectivity index (χ3n) is 3.69. The minimum absolute atomic E-state index is 0.133. The normalized spacial score (nSPS) is 17.3. The Balaban J connectivity index is 2.20. The summed E-state index contributed by atoms with van der Waals surface area (Å²) < 4.78 is 0. The van der Waals surface area contributed by atoms with Gasteiger partial charge in [-0.25, -0.2) is 4.98 Å². The van der Waals surface area contributed by atoms with Crippen molar-refractivity contribution >= 4 is 22.5 Å². The molecule has 2 rings (SSSR count). The van der Waals surface area contributed by atoms with Crippen molar-refractivity contribution < 1.29 is 5.11 Å². The SMILES string of the molecule is Cc1nc(N2CCCCC2)sc1C=C(CO)C(C)C. The van der Waals surface area contributed by atoms with E-state index in [-0.39, 0.29) is 6.61 Å². The topological polar surface area (TPSA) is 36.4 Å². The molecule has 4 heteroatoms. The molecule has 0 aliphatic carbocycles. The van der Waals surface area contributed by atoms with E-state index in [0.29, 0.717) is 5.92 Å². The van der Waals surface area contributed by atoms with Crippen LogP contribution in [0.1, 0.15) is 43.7 Å². The minimum atomic E-state index is 0.133. The maximum absolute atomic E-state index is 9.41. The predicted octanol–water partition coefficient (Wildman–Crippen LogP) is 3.47. The Kier molecular flexibility index (Phi) is 4.99. The first-order chi connectivity index (χ1) is 9.11. The van der Waals surface area contributed by atoms with Crippen LogP contribution in [-0.4, -0.2) is 29.8 Å². The van der Waals surface area contributed by atoms with E-state index in [2.05, 4.69) is 31.7 Å². The van der Waals surface area contributed by atoms with Crippen LogP contribution in [-0.2, 0) is 0 Å². The zero-order valence-corrected chi connectivity index (χ0v) is 13.0. The van der Waals surface area contributed by atoms with Gasteiger partial charge in [-0.05, 0) is 43.8 Å². The number of thiazole rings is 1. The highest BCUT2D eigenvalue weighted by Crippen LogP contribution is 2.30. The summed E-state index contributed by atoms with van der Waals surface area (Å²) >= 11 is 1.75. The maximum Gasteiger partial charge on any atom is 0.186 e. The molecule has 0 saturated carbocycles. The van der Waals surface area contributed by atoms with Gasteiger partial charge >= 0.3 is 0 Å². The highest BCUT2D eigenvalue weighted by atomic mass is 32.1. The van der Waals surface area contributed by atoms with Gasteiger partial charge < -0.3 is 10.0 Å². The van der Waals surface area contributed by atoms with Crippen LogP contribution in [0, 0.1) is 12.8 Å². The van der Waals surface area contributed by atoms with Gasteiger partial charge in [-0.1, -0.05) is 25.2 Å². The zero-order chi connectivity index (χ0) is 13.8. The Morgan fingerprint density at radius 3 is 2.63 bits per heavy atom. The van der Waals surface area contributed by atoms with Crippen LogP contribution in [0.25, 0.3) is 6.08 Å². The second kappa shape index (κ2) is 6.53. The van der Waals surface area contributed by atoms with Crippen LogP contribution in [0.5, 0.6) is 0 Å². The molecular formula is C15H24N2OS. The lowest BCUT2D eigenvalue weighted by Crippen LogP contribution is -2.29. The Morgan fingerprint density at radius 2 is 2.05 bits per heavy atom. The zero-order valence-electron chi connectivity index (χ0n) is 12.1. The summed E-state index contributed by atoms with van der Waals surface area (Å²) in [4.78, 5) is 8.29. The average molecular weight is 280 g/mol. The van der Waals surface area contributed by atoms with Crippen LogP contribution in [0.4, 0.5) is 5.13 Å². The Bertz CT molecular complexity index is 445. The standard InChI is InChI=1S/C15H24N2OS/c1-11(2)13(10-18)9-14-12(3)16-15(19-14)17-7-5-4-6-8-17/h9,11,18H,4-8,10H2,1-3H3. The number of piperidine rings is 1. The molecule has 1 aliphatic rings. The van der Waals surface area contributed by atoms with Crippen LogP contribution in [0.2, 0.25) is 0 Å². The second-order valence-corrected chi connectivity index (χ2v) is 6.53. The molecule has 0 radical (unpaired) electrons. The molecule has 0 unspecified atom stereocenters. The molecule has 0 spiro atoms. The number of rotatable bonds is 4. The first-order valence-corrected chi connectivity index (χ1v) is 7.97. The highest BCUT2D eigenvalue weighted by molar-refractivity contribution is 7.16. The lowest BCUT2D eigenvalue weighted by atomic mass is 10.0. The van der Waals surface area contributed by atoms with Crippen LogP contribution in [0.3, 0.4) is 0 Å². The fourth-order valence-corrected chi connectivity index (χ4v) is 3.41. The summed E-state index contributed by atoms with van der Waals surface area (Å²) in [5, 5.41) is 10.6. The maximum atomic E-state index is 9.41. The van der Waals surface area contributed by atoms with Gasteiger partial charge in [0.2, 0.25) is 0 Å². The van der Waals surface area contributed by atoms with Crippen molar-refractivity contribution in [3.8, 4) is 0 Å². The smallest absolute Gasteiger partial charge is 0.186 e. The molecule has 106 valence electrons. The molecule has 1 saturated heterocycles. The average Bonchev–Trinajstić information content (AvgIpc) is 2.78. The van der Waals surface area contributed by atoms with E-state index in [1.165, 1.54) is 24.1 Å². The van der Waals surface area contributed by atoms with Crippen LogP contribution >= 0.6 is 11.3 Å². The molecule has 3 nitrogen and oxygen atoms in total. The van der Waals surface area contributed by atoms with Crippen molar-refractivity contribution in [2.75, 3.05) is 24.6 Å². The molecule has 1 aliphatic heterocycles. The fourth-order valence-electron chi connectivity index (χ4n) is 2.31. The molecule has 1 aromatic heterocycles. The number of aliphatic hydroxyl groups excluding tert-OH is 1. The van der Waals surface area contributed by atoms with Crippen LogP contribution in [0.15, 0.2) is 5.57 Å². The van der Waals surface area contributed by atoms with E-state index in [1.807, 2.05) is 0 Å². The second-order valence-electron chi connectivity index (χ2n) is 5.53. The van der Waals surface area contributed by atoms with E-state index in [0.717, 1.165) is 29.5 Å². The predicted molar refractivity (Wildman–Crippen MR) is 82.8 cm³/mol. The van der Waals surface area contributed by atoms with E-state index in [4.69, 9.17) is 4.98 Å². The summed E-state index contributed by atoms with van der Waals surface area (Å²) in [7, 11) is 0. The molecule has 0 atom stereocenters. The van der Waals surface area contributed by atoms with Crippen molar-refractivity contribution in [3.05, 3.63) is 16.1 Å². The van der Waals surface area contributed by atoms with E-state index in [9.17, 15) is 5.11 Å². The highest BCUT2D eigenvalue weighted by Gasteiger charge is 2.16. The summed E-state index contributed by atoms with van der Waals surface area (Å²) in [6.07, 6.45) is 6.01. The third-order valence-corrected chi connectivity index (χ3v) is 4.85. The summed E-state index contributed by atoms with van der Waals surface area (Å²) in [6, 6.07) is 0. The number of nitrogens with zero attached hydrogens (tertiary/aromatic N) is 2. The lowest BCUT2D eigenvalue weighted by Gasteiger charge is -2.25. The van der Waals surface area contributed by atoms with Crippen LogP contribution < -0.4 is 4.90 Å². The van der Waals surface area contributed by atoms with Crippen molar-refractivity contribution in [3.63, 3.8) is 0 Å². The van der Waals surface area contributed by atoms with Gasteiger partial charge in [0.15, 0.2) is 5.13 Å².